The molecule has 0 aliphatic carbocycles. The average Bonchev–Trinajstić information content (AvgIpc) is 2.92. The number of furan rings is 1. The van der Waals surface area contributed by atoms with E-state index in [4.69, 9.17) is 13.9 Å². The summed E-state index contributed by atoms with van der Waals surface area (Å²) in [5.74, 6) is 2.11. The fourth-order valence-corrected chi connectivity index (χ4v) is 3.60. The summed E-state index contributed by atoms with van der Waals surface area (Å²) in [6.07, 6.45) is -0.572. The van der Waals surface area contributed by atoms with Gasteiger partial charge in [-0.15, -0.1) is 0 Å². The second-order valence-corrected chi connectivity index (χ2v) is 7.35. The number of hydrogen-bond acceptors (Lipinski definition) is 6. The Morgan fingerprint density at radius 1 is 1.16 bits per heavy atom. The molecule has 0 spiro atoms. The highest BCUT2D eigenvalue weighted by molar-refractivity contribution is 7.89. The van der Waals surface area contributed by atoms with Crippen molar-refractivity contribution in [2.45, 2.75) is 31.3 Å². The van der Waals surface area contributed by atoms with Crippen molar-refractivity contribution in [2.75, 3.05) is 20.8 Å². The number of sulfonamides is 1. The summed E-state index contributed by atoms with van der Waals surface area (Å²) in [6, 6.07) is 6.10. The second kappa shape index (κ2) is 7.90. The molecule has 1 aromatic carbocycles. The number of hydrogen-bond donors (Lipinski definition) is 2. The Morgan fingerprint density at radius 3 is 2.40 bits per heavy atom. The van der Waals surface area contributed by atoms with Gasteiger partial charge in [0.05, 0.1) is 25.2 Å². The van der Waals surface area contributed by atoms with Crippen LogP contribution in [0.25, 0.3) is 0 Å². The summed E-state index contributed by atoms with van der Waals surface area (Å²) in [7, 11) is -0.806. The molecule has 0 fully saturated rings. The molecule has 2 rings (SSSR count). The maximum Gasteiger partial charge on any atom is 0.240 e. The smallest absolute Gasteiger partial charge is 0.240 e. The molecular weight excluding hydrogens is 346 g/mol. The first-order chi connectivity index (χ1) is 11.8. The van der Waals surface area contributed by atoms with Crippen molar-refractivity contribution >= 4 is 10.0 Å². The SMILES string of the molecule is COc1ccc(S(=O)(=O)NCCC(O)c2cc(C)oc2C)cc1OC. The predicted octanol–water partition coefficient (Wildman–Crippen LogP) is 2.32. The standard InChI is InChI=1S/C17H23NO6S/c1-11-9-14(12(2)24-11)15(19)7-8-18-25(20,21)13-5-6-16(22-3)17(10-13)23-4/h5-6,9-10,15,18-19H,7-8H2,1-4H3. The van der Waals surface area contributed by atoms with Crippen molar-refractivity contribution in [3.05, 3.63) is 41.3 Å². The summed E-state index contributed by atoms with van der Waals surface area (Å²) in [5.41, 5.74) is 0.669. The zero-order chi connectivity index (χ0) is 18.6. The molecule has 8 heteroatoms. The Labute approximate surface area is 147 Å². The molecule has 2 N–H and O–H groups in total. The van der Waals surface area contributed by atoms with Crippen LogP contribution in [0.5, 0.6) is 11.5 Å². The Bertz CT molecular complexity index is 828. The zero-order valence-electron chi connectivity index (χ0n) is 14.7. The summed E-state index contributed by atoms with van der Waals surface area (Å²) < 4.78 is 42.8. The van der Waals surface area contributed by atoms with Crippen LogP contribution in [0.4, 0.5) is 0 Å². The first-order valence-electron chi connectivity index (χ1n) is 7.75. The van der Waals surface area contributed by atoms with Crippen LogP contribution in [-0.4, -0.2) is 34.3 Å². The van der Waals surface area contributed by atoms with Gasteiger partial charge in [-0.05, 0) is 38.5 Å². The summed E-state index contributed by atoms with van der Waals surface area (Å²) in [5, 5.41) is 10.2. The van der Waals surface area contributed by atoms with E-state index in [9.17, 15) is 13.5 Å². The molecule has 0 saturated carbocycles. The molecule has 1 unspecified atom stereocenters. The molecule has 138 valence electrons. The highest BCUT2D eigenvalue weighted by Gasteiger charge is 2.19. The minimum absolute atomic E-state index is 0.0648. The third-order valence-electron chi connectivity index (χ3n) is 3.81. The Balaban J connectivity index is 2.03. The lowest BCUT2D eigenvalue weighted by Crippen LogP contribution is -2.26. The van der Waals surface area contributed by atoms with Crippen molar-refractivity contribution in [1.29, 1.82) is 0 Å². The molecule has 25 heavy (non-hydrogen) atoms. The molecule has 2 aromatic rings. The highest BCUT2D eigenvalue weighted by Crippen LogP contribution is 2.29. The van der Waals surface area contributed by atoms with Gasteiger partial charge in [0.2, 0.25) is 10.0 Å². The lowest BCUT2D eigenvalue weighted by atomic mass is 10.1. The lowest BCUT2D eigenvalue weighted by molar-refractivity contribution is 0.167. The van der Waals surface area contributed by atoms with Gasteiger partial charge in [-0.1, -0.05) is 0 Å². The topological polar surface area (TPSA) is 98.0 Å². The van der Waals surface area contributed by atoms with E-state index in [1.807, 2.05) is 0 Å². The Hall–Kier alpha value is -2.03. The largest absolute Gasteiger partial charge is 0.493 e. The fraction of sp³-hybridized carbons (Fsp3) is 0.412. The van der Waals surface area contributed by atoms with Crippen molar-refractivity contribution in [2.24, 2.45) is 0 Å². The van der Waals surface area contributed by atoms with Gasteiger partial charge in [0.15, 0.2) is 11.5 Å². The highest BCUT2D eigenvalue weighted by atomic mass is 32.2. The van der Waals surface area contributed by atoms with Crippen LogP contribution in [0.2, 0.25) is 0 Å². The molecule has 7 nitrogen and oxygen atoms in total. The van der Waals surface area contributed by atoms with Crippen molar-refractivity contribution < 1.29 is 27.4 Å². The van der Waals surface area contributed by atoms with E-state index in [1.165, 1.54) is 32.4 Å². The number of ether oxygens (including phenoxy) is 2. The molecule has 0 aliphatic heterocycles. The minimum atomic E-state index is -3.72. The molecule has 0 aliphatic rings. The number of nitrogens with one attached hydrogen (secondary N) is 1. The van der Waals surface area contributed by atoms with Crippen LogP contribution in [-0.2, 0) is 10.0 Å². The van der Waals surface area contributed by atoms with E-state index in [1.54, 1.807) is 19.9 Å². The average molecular weight is 369 g/mol. The van der Waals surface area contributed by atoms with Crippen molar-refractivity contribution in [1.82, 2.24) is 4.72 Å². The van der Waals surface area contributed by atoms with Crippen LogP contribution in [0.15, 0.2) is 33.6 Å². The number of aliphatic hydroxyl groups excluding tert-OH is 1. The van der Waals surface area contributed by atoms with E-state index < -0.39 is 16.1 Å². The summed E-state index contributed by atoms with van der Waals surface area (Å²) >= 11 is 0. The van der Waals surface area contributed by atoms with Crippen LogP contribution in [0.3, 0.4) is 0 Å². The quantitative estimate of drug-likeness (QED) is 0.741. The van der Waals surface area contributed by atoms with E-state index in [2.05, 4.69) is 4.72 Å². The third-order valence-corrected chi connectivity index (χ3v) is 5.27. The predicted molar refractivity (Wildman–Crippen MR) is 92.5 cm³/mol. The maximum absolute atomic E-state index is 12.4. The van der Waals surface area contributed by atoms with Gasteiger partial charge in [-0.25, -0.2) is 13.1 Å². The zero-order valence-corrected chi connectivity index (χ0v) is 15.5. The maximum atomic E-state index is 12.4. The summed E-state index contributed by atoms with van der Waals surface area (Å²) in [4.78, 5) is 0.0648. The first-order valence-corrected chi connectivity index (χ1v) is 9.23. The number of aryl methyl sites for hydroxylation is 2. The minimum Gasteiger partial charge on any atom is -0.493 e. The van der Waals surface area contributed by atoms with E-state index in [0.29, 0.717) is 28.6 Å². The molecule has 0 amide bonds. The molecule has 1 aromatic heterocycles. The van der Waals surface area contributed by atoms with Crippen molar-refractivity contribution in [3.63, 3.8) is 0 Å². The van der Waals surface area contributed by atoms with Gasteiger partial charge in [-0.3, -0.25) is 0 Å². The lowest BCUT2D eigenvalue weighted by Gasteiger charge is -2.12. The molecule has 0 radical (unpaired) electrons. The molecule has 0 bridgehead atoms. The van der Waals surface area contributed by atoms with Gasteiger partial charge in [-0.2, -0.15) is 0 Å². The van der Waals surface area contributed by atoms with Gasteiger partial charge in [0.1, 0.15) is 11.5 Å². The van der Waals surface area contributed by atoms with Crippen molar-refractivity contribution in [3.8, 4) is 11.5 Å². The monoisotopic (exact) mass is 369 g/mol. The Morgan fingerprint density at radius 2 is 1.84 bits per heavy atom. The first kappa shape index (κ1) is 19.3. The number of rotatable bonds is 8. The molecule has 1 atom stereocenters. The molecule has 0 saturated heterocycles. The van der Waals surface area contributed by atoms with Gasteiger partial charge >= 0.3 is 0 Å². The second-order valence-electron chi connectivity index (χ2n) is 5.59. The molecule has 1 heterocycles. The number of methoxy groups -OCH3 is 2. The van der Waals surface area contributed by atoms with Gasteiger partial charge < -0.3 is 19.0 Å². The fourth-order valence-electron chi connectivity index (χ4n) is 2.53. The summed E-state index contributed by atoms with van der Waals surface area (Å²) in [6.45, 7) is 3.64. The number of benzene rings is 1. The van der Waals surface area contributed by atoms with E-state index in [0.717, 1.165) is 0 Å². The van der Waals surface area contributed by atoms with E-state index >= 15 is 0 Å². The Kier molecular flexibility index (Phi) is 6.10. The van der Waals surface area contributed by atoms with Crippen LogP contribution in [0.1, 0.15) is 29.6 Å². The van der Waals surface area contributed by atoms with Gasteiger partial charge in [0, 0.05) is 18.2 Å². The van der Waals surface area contributed by atoms with E-state index in [-0.39, 0.29) is 17.9 Å². The van der Waals surface area contributed by atoms with Crippen LogP contribution < -0.4 is 14.2 Å². The van der Waals surface area contributed by atoms with Gasteiger partial charge in [0.25, 0.3) is 0 Å². The molecular formula is C17H23NO6S. The number of aliphatic hydroxyl groups is 1. The van der Waals surface area contributed by atoms with Crippen LogP contribution >= 0.6 is 0 Å². The van der Waals surface area contributed by atoms with Crippen LogP contribution in [0, 0.1) is 13.8 Å². The third kappa shape index (κ3) is 4.53. The normalized spacial score (nSPS) is 12.8.